The molecule has 2 nitrogen and oxygen atoms in total. The lowest BCUT2D eigenvalue weighted by atomic mass is 9.80. The molecule has 2 bridgehead atoms. The van der Waals surface area contributed by atoms with E-state index in [1.54, 1.807) is 0 Å². The highest BCUT2D eigenvalue weighted by molar-refractivity contribution is 4.96. The van der Waals surface area contributed by atoms with E-state index in [2.05, 4.69) is 38.3 Å². The van der Waals surface area contributed by atoms with E-state index in [4.69, 9.17) is 0 Å². The number of hydrogen-bond acceptors (Lipinski definition) is 2. The minimum Gasteiger partial charge on any atom is -0.314 e. The third-order valence-corrected chi connectivity index (χ3v) is 4.67. The van der Waals surface area contributed by atoms with Gasteiger partial charge in [-0.15, -0.1) is 0 Å². The second-order valence-electron chi connectivity index (χ2n) is 6.88. The lowest BCUT2D eigenvalue weighted by Crippen LogP contribution is -2.38. The van der Waals surface area contributed by atoms with Crippen molar-refractivity contribution in [3.8, 4) is 0 Å². The van der Waals surface area contributed by atoms with Crippen molar-refractivity contribution in [3.63, 3.8) is 0 Å². The Labute approximate surface area is 107 Å². The Hall–Kier alpha value is -0.0800. The molecule has 2 N–H and O–H groups in total. The fraction of sp³-hybridized carbons (Fsp3) is 1.00. The predicted molar refractivity (Wildman–Crippen MR) is 74.1 cm³/mol. The first-order valence-electron chi connectivity index (χ1n) is 7.53. The Bertz CT molecular complexity index is 215. The van der Waals surface area contributed by atoms with Crippen LogP contribution in [-0.2, 0) is 0 Å². The van der Waals surface area contributed by atoms with Crippen molar-refractivity contribution in [1.29, 1.82) is 0 Å². The van der Waals surface area contributed by atoms with Crippen LogP contribution in [0.3, 0.4) is 0 Å². The van der Waals surface area contributed by atoms with Gasteiger partial charge in [0.2, 0.25) is 0 Å². The Morgan fingerprint density at radius 1 is 0.824 bits per heavy atom. The molecule has 0 aromatic carbocycles. The molecular weight excluding hydrogens is 208 g/mol. The average molecular weight is 238 g/mol. The Balaban J connectivity index is 1.79. The molecule has 2 heteroatoms. The van der Waals surface area contributed by atoms with Crippen LogP contribution in [0.5, 0.6) is 0 Å². The SMILES string of the molecule is CC(C)NCC1CC2CC(CNC(C)C)C1C2. The standard InChI is InChI=1S/C15H30N2/c1-10(2)16-8-13-5-12-6-14(15(13)7-12)9-17-11(3)4/h10-17H,5-9H2,1-4H3. The number of nitrogens with one attached hydrogen (secondary N) is 2. The molecule has 0 aromatic heterocycles. The highest BCUT2D eigenvalue weighted by Crippen LogP contribution is 2.51. The molecule has 2 atom stereocenters. The van der Waals surface area contributed by atoms with Crippen LogP contribution < -0.4 is 10.6 Å². The Morgan fingerprint density at radius 2 is 1.29 bits per heavy atom. The van der Waals surface area contributed by atoms with Crippen LogP contribution in [0, 0.1) is 23.7 Å². The lowest BCUT2D eigenvalue weighted by Gasteiger charge is -2.31. The van der Waals surface area contributed by atoms with Crippen molar-refractivity contribution < 1.29 is 0 Å². The summed E-state index contributed by atoms with van der Waals surface area (Å²) in [6.45, 7) is 11.5. The van der Waals surface area contributed by atoms with Crippen LogP contribution in [0.4, 0.5) is 0 Å². The first-order chi connectivity index (χ1) is 8.06. The van der Waals surface area contributed by atoms with Crippen molar-refractivity contribution in [2.24, 2.45) is 23.7 Å². The number of hydrogen-bond donors (Lipinski definition) is 2. The zero-order chi connectivity index (χ0) is 12.4. The summed E-state index contributed by atoms with van der Waals surface area (Å²) in [5.41, 5.74) is 0. The third kappa shape index (κ3) is 3.45. The van der Waals surface area contributed by atoms with E-state index in [1.807, 2.05) is 0 Å². The van der Waals surface area contributed by atoms with Gasteiger partial charge in [-0.2, -0.15) is 0 Å². The molecule has 2 rings (SSSR count). The summed E-state index contributed by atoms with van der Waals surface area (Å²) in [6.07, 6.45) is 4.49. The van der Waals surface area contributed by atoms with Gasteiger partial charge in [0.25, 0.3) is 0 Å². The monoisotopic (exact) mass is 238 g/mol. The first-order valence-corrected chi connectivity index (χ1v) is 7.53. The molecule has 0 aliphatic heterocycles. The van der Waals surface area contributed by atoms with Crippen molar-refractivity contribution in [2.45, 2.75) is 59.0 Å². The lowest BCUT2D eigenvalue weighted by molar-refractivity contribution is 0.220. The summed E-state index contributed by atoms with van der Waals surface area (Å²) in [7, 11) is 0. The van der Waals surface area contributed by atoms with Gasteiger partial charge in [0.1, 0.15) is 0 Å². The van der Waals surface area contributed by atoms with Crippen molar-refractivity contribution in [3.05, 3.63) is 0 Å². The van der Waals surface area contributed by atoms with Crippen LogP contribution in [0.1, 0.15) is 47.0 Å². The second kappa shape index (κ2) is 5.71. The summed E-state index contributed by atoms with van der Waals surface area (Å²) < 4.78 is 0. The van der Waals surface area contributed by atoms with Crippen LogP contribution in [0.15, 0.2) is 0 Å². The van der Waals surface area contributed by atoms with Gasteiger partial charge in [0.15, 0.2) is 0 Å². The maximum Gasteiger partial charge on any atom is 0.00104 e. The minimum atomic E-state index is 0.640. The molecule has 0 aromatic rings. The van der Waals surface area contributed by atoms with Gasteiger partial charge in [0.05, 0.1) is 0 Å². The molecule has 0 heterocycles. The summed E-state index contributed by atoms with van der Waals surface area (Å²) in [5, 5.41) is 7.27. The molecule has 0 saturated heterocycles. The Kier molecular flexibility index (Phi) is 4.48. The van der Waals surface area contributed by atoms with E-state index >= 15 is 0 Å². The van der Waals surface area contributed by atoms with Gasteiger partial charge in [-0.3, -0.25) is 0 Å². The molecule has 100 valence electrons. The second-order valence-corrected chi connectivity index (χ2v) is 6.88. The summed E-state index contributed by atoms with van der Waals surface area (Å²) in [4.78, 5) is 0. The maximum absolute atomic E-state index is 3.64. The van der Waals surface area contributed by atoms with Crippen LogP contribution in [-0.4, -0.2) is 25.2 Å². The minimum absolute atomic E-state index is 0.640. The first kappa shape index (κ1) is 13.4. The molecule has 2 fully saturated rings. The van der Waals surface area contributed by atoms with E-state index in [-0.39, 0.29) is 0 Å². The molecule has 2 unspecified atom stereocenters. The third-order valence-electron chi connectivity index (χ3n) is 4.67. The summed E-state index contributed by atoms with van der Waals surface area (Å²) >= 11 is 0. The average Bonchev–Trinajstić information content (AvgIpc) is 2.82. The topological polar surface area (TPSA) is 24.1 Å². The van der Waals surface area contributed by atoms with Gasteiger partial charge in [-0.1, -0.05) is 27.7 Å². The van der Waals surface area contributed by atoms with Crippen LogP contribution in [0.2, 0.25) is 0 Å². The molecule has 0 radical (unpaired) electrons. The van der Waals surface area contributed by atoms with E-state index < -0.39 is 0 Å². The van der Waals surface area contributed by atoms with E-state index in [1.165, 1.54) is 32.4 Å². The normalized spacial score (nSPS) is 36.4. The van der Waals surface area contributed by atoms with Crippen molar-refractivity contribution >= 4 is 0 Å². The number of rotatable bonds is 6. The molecule has 0 spiro atoms. The zero-order valence-corrected chi connectivity index (χ0v) is 12.0. The highest BCUT2D eigenvalue weighted by Gasteiger charge is 2.45. The number of fused-ring (bicyclic) bond motifs is 2. The van der Waals surface area contributed by atoms with E-state index in [0.717, 1.165) is 23.7 Å². The molecule has 2 saturated carbocycles. The van der Waals surface area contributed by atoms with E-state index in [9.17, 15) is 0 Å². The predicted octanol–water partition coefficient (Wildman–Crippen LogP) is 2.64. The fourth-order valence-electron chi connectivity index (χ4n) is 3.89. The van der Waals surface area contributed by atoms with Gasteiger partial charge in [-0.25, -0.2) is 0 Å². The highest BCUT2D eigenvalue weighted by atomic mass is 14.9. The van der Waals surface area contributed by atoms with Crippen molar-refractivity contribution in [1.82, 2.24) is 10.6 Å². The maximum atomic E-state index is 3.64. The molecule has 17 heavy (non-hydrogen) atoms. The van der Waals surface area contributed by atoms with Crippen molar-refractivity contribution in [2.75, 3.05) is 13.1 Å². The summed E-state index contributed by atoms with van der Waals surface area (Å²) in [5.74, 6) is 3.95. The molecule has 2 aliphatic rings. The Morgan fingerprint density at radius 3 is 1.65 bits per heavy atom. The van der Waals surface area contributed by atoms with Gasteiger partial charge in [-0.05, 0) is 56.0 Å². The summed E-state index contributed by atoms with van der Waals surface area (Å²) in [6, 6.07) is 1.28. The fourth-order valence-corrected chi connectivity index (χ4v) is 3.89. The smallest absolute Gasteiger partial charge is 0.00104 e. The molecule has 2 aliphatic carbocycles. The largest absolute Gasteiger partial charge is 0.314 e. The van der Waals surface area contributed by atoms with Gasteiger partial charge >= 0.3 is 0 Å². The molecular formula is C15H30N2. The zero-order valence-electron chi connectivity index (χ0n) is 12.0. The van der Waals surface area contributed by atoms with Crippen LogP contribution >= 0.6 is 0 Å². The van der Waals surface area contributed by atoms with E-state index in [0.29, 0.717) is 12.1 Å². The van der Waals surface area contributed by atoms with Gasteiger partial charge in [0, 0.05) is 12.1 Å². The quantitative estimate of drug-likeness (QED) is 0.743. The van der Waals surface area contributed by atoms with Crippen LogP contribution in [0.25, 0.3) is 0 Å². The van der Waals surface area contributed by atoms with Gasteiger partial charge < -0.3 is 10.6 Å². The molecule has 0 amide bonds.